The minimum Gasteiger partial charge on any atom is -0.448 e. The van der Waals surface area contributed by atoms with Gasteiger partial charge in [-0.3, -0.25) is 5.32 Å². The second-order valence-corrected chi connectivity index (χ2v) is 5.20. The van der Waals surface area contributed by atoms with Crippen LogP contribution in [0.25, 0.3) is 11.1 Å². The molecule has 0 heterocycles. The summed E-state index contributed by atoms with van der Waals surface area (Å²) in [5, 5.41) is 2.84. The SMILES string of the molecule is CCN(CC)CCOC(=O)Nc1ccccc1-c1ccccc1.Cl. The molecule has 0 saturated heterocycles. The van der Waals surface area contributed by atoms with E-state index in [2.05, 4.69) is 24.1 Å². The normalized spacial score (nSPS) is 10.1. The maximum Gasteiger partial charge on any atom is 0.411 e. The largest absolute Gasteiger partial charge is 0.448 e. The summed E-state index contributed by atoms with van der Waals surface area (Å²) < 4.78 is 5.28. The average Bonchev–Trinajstić information content (AvgIpc) is 2.60. The molecule has 0 fully saturated rings. The van der Waals surface area contributed by atoms with Crippen LogP contribution in [0.15, 0.2) is 54.6 Å². The van der Waals surface area contributed by atoms with Gasteiger partial charge < -0.3 is 9.64 Å². The Morgan fingerprint density at radius 3 is 2.29 bits per heavy atom. The summed E-state index contributed by atoms with van der Waals surface area (Å²) in [4.78, 5) is 14.2. The zero-order valence-electron chi connectivity index (χ0n) is 14.2. The Morgan fingerprint density at radius 1 is 1.00 bits per heavy atom. The number of carbonyl (C=O) groups is 1. The zero-order valence-corrected chi connectivity index (χ0v) is 15.0. The number of para-hydroxylation sites is 1. The van der Waals surface area contributed by atoms with Gasteiger partial charge in [0.1, 0.15) is 6.61 Å². The van der Waals surface area contributed by atoms with E-state index in [0.29, 0.717) is 6.61 Å². The smallest absolute Gasteiger partial charge is 0.411 e. The highest BCUT2D eigenvalue weighted by Gasteiger charge is 2.09. The lowest BCUT2D eigenvalue weighted by atomic mass is 10.0. The summed E-state index contributed by atoms with van der Waals surface area (Å²) >= 11 is 0. The van der Waals surface area contributed by atoms with Crippen LogP contribution in [0.1, 0.15) is 13.8 Å². The Balaban J connectivity index is 0.00000288. The average molecular weight is 349 g/mol. The summed E-state index contributed by atoms with van der Waals surface area (Å²) in [5.74, 6) is 0. The number of ether oxygens (including phenoxy) is 1. The fourth-order valence-electron chi connectivity index (χ4n) is 2.41. The molecule has 24 heavy (non-hydrogen) atoms. The molecule has 1 N–H and O–H groups in total. The number of hydrogen-bond acceptors (Lipinski definition) is 3. The maximum absolute atomic E-state index is 12.0. The van der Waals surface area contributed by atoms with E-state index in [9.17, 15) is 4.79 Å². The summed E-state index contributed by atoms with van der Waals surface area (Å²) in [7, 11) is 0. The lowest BCUT2D eigenvalue weighted by Gasteiger charge is -2.18. The summed E-state index contributed by atoms with van der Waals surface area (Å²) in [6, 6.07) is 17.7. The van der Waals surface area contributed by atoms with E-state index in [1.807, 2.05) is 54.6 Å². The molecule has 4 nitrogen and oxygen atoms in total. The van der Waals surface area contributed by atoms with Gasteiger partial charge in [-0.25, -0.2) is 4.79 Å². The lowest BCUT2D eigenvalue weighted by Crippen LogP contribution is -2.28. The van der Waals surface area contributed by atoms with Crippen LogP contribution in [0.4, 0.5) is 10.5 Å². The highest BCUT2D eigenvalue weighted by Crippen LogP contribution is 2.27. The van der Waals surface area contributed by atoms with Crippen molar-refractivity contribution in [3.05, 3.63) is 54.6 Å². The number of carbonyl (C=O) groups excluding carboxylic acids is 1. The second-order valence-electron chi connectivity index (χ2n) is 5.20. The van der Waals surface area contributed by atoms with E-state index in [1.54, 1.807) is 0 Å². The van der Waals surface area contributed by atoms with Gasteiger partial charge >= 0.3 is 6.09 Å². The number of amides is 1. The van der Waals surface area contributed by atoms with E-state index >= 15 is 0 Å². The van der Waals surface area contributed by atoms with Gasteiger partial charge in [0, 0.05) is 12.1 Å². The van der Waals surface area contributed by atoms with Crippen molar-refractivity contribution in [2.75, 3.05) is 31.6 Å². The van der Waals surface area contributed by atoms with Crippen molar-refractivity contribution in [2.24, 2.45) is 0 Å². The minimum absolute atomic E-state index is 0. The standard InChI is InChI=1S/C19H24N2O2.ClH/c1-3-21(4-2)14-15-23-19(22)20-18-13-9-8-12-17(18)16-10-6-5-7-11-16;/h5-13H,3-4,14-15H2,1-2H3,(H,20,22);1H. The third-order valence-corrected chi connectivity index (χ3v) is 3.78. The molecule has 5 heteroatoms. The number of benzene rings is 2. The number of halogens is 1. The molecule has 0 aromatic heterocycles. The van der Waals surface area contributed by atoms with Crippen molar-refractivity contribution in [1.82, 2.24) is 4.90 Å². The van der Waals surface area contributed by atoms with Gasteiger partial charge in [-0.2, -0.15) is 0 Å². The molecule has 0 radical (unpaired) electrons. The lowest BCUT2D eigenvalue weighted by molar-refractivity contribution is 0.142. The highest BCUT2D eigenvalue weighted by atomic mass is 35.5. The van der Waals surface area contributed by atoms with Crippen molar-refractivity contribution in [3.63, 3.8) is 0 Å². The zero-order chi connectivity index (χ0) is 16.5. The Morgan fingerprint density at radius 2 is 1.62 bits per heavy atom. The van der Waals surface area contributed by atoms with Gasteiger partial charge in [0.25, 0.3) is 0 Å². The van der Waals surface area contributed by atoms with Gasteiger partial charge in [-0.15, -0.1) is 12.4 Å². The van der Waals surface area contributed by atoms with Crippen LogP contribution in [0.2, 0.25) is 0 Å². The molecule has 0 unspecified atom stereocenters. The van der Waals surface area contributed by atoms with Crippen LogP contribution in [-0.2, 0) is 4.74 Å². The van der Waals surface area contributed by atoms with Crippen LogP contribution in [0.5, 0.6) is 0 Å². The van der Waals surface area contributed by atoms with Gasteiger partial charge in [0.05, 0.1) is 5.69 Å². The molecule has 130 valence electrons. The first-order valence-corrected chi connectivity index (χ1v) is 8.05. The first kappa shape index (κ1) is 20.0. The Hall–Kier alpha value is -2.04. The van der Waals surface area contributed by atoms with E-state index in [0.717, 1.165) is 36.4 Å². The Bertz CT molecular complexity index is 616. The molecule has 0 aliphatic carbocycles. The second kappa shape index (κ2) is 10.7. The number of hydrogen-bond donors (Lipinski definition) is 1. The fourth-order valence-corrected chi connectivity index (χ4v) is 2.41. The van der Waals surface area contributed by atoms with E-state index < -0.39 is 6.09 Å². The van der Waals surface area contributed by atoms with Crippen molar-refractivity contribution in [3.8, 4) is 11.1 Å². The van der Waals surface area contributed by atoms with Crippen molar-refractivity contribution < 1.29 is 9.53 Å². The van der Waals surface area contributed by atoms with E-state index in [1.165, 1.54) is 0 Å². The molecule has 0 saturated carbocycles. The van der Waals surface area contributed by atoms with Crippen molar-refractivity contribution in [1.29, 1.82) is 0 Å². The van der Waals surface area contributed by atoms with Crippen molar-refractivity contribution in [2.45, 2.75) is 13.8 Å². The minimum atomic E-state index is -0.416. The highest BCUT2D eigenvalue weighted by molar-refractivity contribution is 5.91. The molecular formula is C19H25ClN2O2. The third kappa shape index (κ3) is 5.87. The van der Waals surface area contributed by atoms with Gasteiger partial charge in [-0.05, 0) is 24.7 Å². The molecule has 0 aliphatic rings. The van der Waals surface area contributed by atoms with E-state index in [4.69, 9.17) is 4.74 Å². The number of rotatable bonds is 7. The number of nitrogens with one attached hydrogen (secondary N) is 1. The molecule has 0 bridgehead atoms. The predicted molar refractivity (Wildman–Crippen MR) is 102 cm³/mol. The predicted octanol–water partition coefficient (Wildman–Crippen LogP) is 4.67. The van der Waals surface area contributed by atoms with E-state index in [-0.39, 0.29) is 12.4 Å². The number of likely N-dealkylation sites (N-methyl/N-ethyl adjacent to an activating group) is 1. The number of nitrogens with zero attached hydrogens (tertiary/aromatic N) is 1. The van der Waals surface area contributed by atoms with Gasteiger partial charge in [0.15, 0.2) is 0 Å². The monoisotopic (exact) mass is 348 g/mol. The molecule has 2 rings (SSSR count). The van der Waals surface area contributed by atoms with Gasteiger partial charge in [-0.1, -0.05) is 62.4 Å². The first-order valence-electron chi connectivity index (χ1n) is 8.05. The Kier molecular flexibility index (Phi) is 8.90. The quantitative estimate of drug-likeness (QED) is 0.790. The summed E-state index contributed by atoms with van der Waals surface area (Å²) in [6.45, 7) is 7.25. The molecule has 0 spiro atoms. The van der Waals surface area contributed by atoms with Crippen LogP contribution in [0, 0.1) is 0 Å². The van der Waals surface area contributed by atoms with Crippen LogP contribution >= 0.6 is 12.4 Å². The number of anilines is 1. The fraction of sp³-hybridized carbons (Fsp3) is 0.316. The van der Waals surface area contributed by atoms with Gasteiger partial charge in [0.2, 0.25) is 0 Å². The first-order chi connectivity index (χ1) is 11.2. The maximum atomic E-state index is 12.0. The molecule has 1 amide bonds. The third-order valence-electron chi connectivity index (χ3n) is 3.78. The molecule has 2 aromatic carbocycles. The van der Waals surface area contributed by atoms with Crippen LogP contribution in [-0.4, -0.2) is 37.2 Å². The molecule has 2 aromatic rings. The Labute approximate surface area is 150 Å². The summed E-state index contributed by atoms with van der Waals surface area (Å²) in [6.07, 6.45) is -0.416. The van der Waals surface area contributed by atoms with Crippen LogP contribution < -0.4 is 5.32 Å². The van der Waals surface area contributed by atoms with Crippen molar-refractivity contribution >= 4 is 24.2 Å². The van der Waals surface area contributed by atoms with Crippen LogP contribution in [0.3, 0.4) is 0 Å². The summed E-state index contributed by atoms with van der Waals surface area (Å²) in [5.41, 5.74) is 2.80. The topological polar surface area (TPSA) is 41.6 Å². The molecule has 0 atom stereocenters. The molecule has 0 aliphatic heterocycles. The molecular weight excluding hydrogens is 324 g/mol.